The van der Waals surface area contributed by atoms with E-state index >= 15 is 0 Å². The van der Waals surface area contributed by atoms with Crippen molar-refractivity contribution in [3.63, 3.8) is 0 Å². The van der Waals surface area contributed by atoms with Crippen LogP contribution in [0.3, 0.4) is 0 Å². The maximum Gasteiger partial charge on any atom is 0.0744 e. The van der Waals surface area contributed by atoms with Gasteiger partial charge in [0.1, 0.15) is 0 Å². The number of ether oxygens (including phenoxy) is 2. The number of rotatable bonds is 3. The summed E-state index contributed by atoms with van der Waals surface area (Å²) in [6, 6.07) is 0. The van der Waals surface area contributed by atoms with Gasteiger partial charge in [-0.15, -0.1) is 0 Å². The zero-order valence-electron chi connectivity index (χ0n) is 10.3. The Bertz CT molecular complexity index is 211. The van der Waals surface area contributed by atoms with Crippen molar-refractivity contribution in [1.82, 2.24) is 0 Å². The van der Waals surface area contributed by atoms with Crippen LogP contribution < -0.4 is 0 Å². The molecule has 0 aromatic heterocycles. The Hall–Kier alpha value is -0.120. The lowest BCUT2D eigenvalue weighted by Gasteiger charge is -2.43. The van der Waals surface area contributed by atoms with E-state index in [2.05, 4.69) is 6.92 Å². The summed E-state index contributed by atoms with van der Waals surface area (Å²) in [6.45, 7) is 4.47. The van der Waals surface area contributed by atoms with Crippen molar-refractivity contribution in [2.24, 2.45) is 5.92 Å². The maximum atomic E-state index is 10.7. The molecule has 3 unspecified atom stereocenters. The van der Waals surface area contributed by atoms with Crippen LogP contribution in [0.15, 0.2) is 0 Å². The molecule has 2 aliphatic heterocycles. The molecule has 94 valence electrons. The smallest absolute Gasteiger partial charge is 0.0744 e. The summed E-state index contributed by atoms with van der Waals surface area (Å²) in [4.78, 5) is 0. The van der Waals surface area contributed by atoms with Crippen molar-refractivity contribution in [1.29, 1.82) is 0 Å². The van der Waals surface area contributed by atoms with Gasteiger partial charge in [0, 0.05) is 25.6 Å². The molecule has 2 saturated heterocycles. The average molecular weight is 228 g/mol. The first-order chi connectivity index (χ1) is 7.74. The molecule has 0 bridgehead atoms. The Morgan fingerprint density at radius 3 is 2.94 bits per heavy atom. The number of hydrogen-bond donors (Lipinski definition) is 1. The fourth-order valence-corrected chi connectivity index (χ4v) is 3.00. The van der Waals surface area contributed by atoms with Gasteiger partial charge in [-0.25, -0.2) is 0 Å². The fraction of sp³-hybridized carbons (Fsp3) is 1.00. The second-order valence-electron chi connectivity index (χ2n) is 5.25. The molecule has 3 heteroatoms. The van der Waals surface area contributed by atoms with Crippen LogP contribution in [0.4, 0.5) is 0 Å². The Morgan fingerprint density at radius 2 is 2.25 bits per heavy atom. The predicted octanol–water partition coefficient (Wildman–Crippen LogP) is 2.12. The van der Waals surface area contributed by atoms with Crippen molar-refractivity contribution in [3.8, 4) is 0 Å². The minimum atomic E-state index is -0.529. The third-order valence-electron chi connectivity index (χ3n) is 4.00. The van der Waals surface area contributed by atoms with Gasteiger partial charge in [-0.05, 0) is 25.7 Å². The second kappa shape index (κ2) is 5.48. The molecule has 2 heterocycles. The van der Waals surface area contributed by atoms with Crippen LogP contribution in [0.5, 0.6) is 0 Å². The van der Waals surface area contributed by atoms with Crippen LogP contribution in [0, 0.1) is 5.92 Å². The van der Waals surface area contributed by atoms with E-state index in [9.17, 15) is 5.11 Å². The molecule has 0 saturated carbocycles. The molecule has 3 atom stereocenters. The maximum absolute atomic E-state index is 10.7. The molecule has 2 fully saturated rings. The number of aliphatic hydroxyl groups is 1. The minimum Gasteiger partial charge on any atom is -0.389 e. The van der Waals surface area contributed by atoms with Gasteiger partial charge in [-0.2, -0.15) is 0 Å². The van der Waals surface area contributed by atoms with Crippen molar-refractivity contribution in [3.05, 3.63) is 0 Å². The van der Waals surface area contributed by atoms with Gasteiger partial charge >= 0.3 is 0 Å². The topological polar surface area (TPSA) is 38.7 Å². The third-order valence-corrected chi connectivity index (χ3v) is 4.00. The van der Waals surface area contributed by atoms with E-state index < -0.39 is 5.60 Å². The fourth-order valence-electron chi connectivity index (χ4n) is 3.00. The lowest BCUT2D eigenvalue weighted by molar-refractivity contribution is -0.155. The summed E-state index contributed by atoms with van der Waals surface area (Å²) in [5.41, 5.74) is -0.529. The molecule has 16 heavy (non-hydrogen) atoms. The van der Waals surface area contributed by atoms with Crippen LogP contribution in [0.1, 0.15) is 45.4 Å². The molecule has 0 aromatic carbocycles. The molecular formula is C13H24O3. The Balaban J connectivity index is 1.93. The quantitative estimate of drug-likeness (QED) is 0.804. The van der Waals surface area contributed by atoms with Gasteiger partial charge in [-0.1, -0.05) is 13.3 Å². The van der Waals surface area contributed by atoms with Crippen molar-refractivity contribution >= 4 is 0 Å². The lowest BCUT2D eigenvalue weighted by atomic mass is 9.76. The predicted molar refractivity (Wildman–Crippen MR) is 62.4 cm³/mol. The van der Waals surface area contributed by atoms with Crippen molar-refractivity contribution in [2.45, 2.75) is 57.2 Å². The Labute approximate surface area is 98.1 Å². The second-order valence-corrected chi connectivity index (χ2v) is 5.25. The summed E-state index contributed by atoms with van der Waals surface area (Å²) in [6.07, 6.45) is 6.22. The zero-order chi connectivity index (χ0) is 11.4. The molecule has 2 aliphatic rings. The first-order valence-electron chi connectivity index (χ1n) is 6.66. The van der Waals surface area contributed by atoms with Crippen LogP contribution in [-0.2, 0) is 9.47 Å². The van der Waals surface area contributed by atoms with Crippen LogP contribution in [-0.4, -0.2) is 36.6 Å². The largest absolute Gasteiger partial charge is 0.389 e. The van der Waals surface area contributed by atoms with Crippen molar-refractivity contribution in [2.75, 3.05) is 19.8 Å². The van der Waals surface area contributed by atoms with Crippen molar-refractivity contribution < 1.29 is 14.6 Å². The zero-order valence-corrected chi connectivity index (χ0v) is 10.3. The SMILES string of the molecule is CCCC1CC(O)(C2CCCOC2)CCO1. The van der Waals surface area contributed by atoms with Crippen LogP contribution in [0.2, 0.25) is 0 Å². The third kappa shape index (κ3) is 2.76. The molecule has 1 N–H and O–H groups in total. The Morgan fingerprint density at radius 1 is 1.38 bits per heavy atom. The van der Waals surface area contributed by atoms with E-state index in [4.69, 9.17) is 9.47 Å². The highest BCUT2D eigenvalue weighted by Crippen LogP contribution is 2.37. The number of hydrogen-bond acceptors (Lipinski definition) is 3. The summed E-state index contributed by atoms with van der Waals surface area (Å²) < 4.78 is 11.2. The standard InChI is InChI=1S/C13H24O3/c1-2-4-12-9-13(14,6-8-16-12)11-5-3-7-15-10-11/h11-12,14H,2-10H2,1H3. The molecule has 0 aromatic rings. The average Bonchev–Trinajstić information content (AvgIpc) is 2.31. The summed E-state index contributed by atoms with van der Waals surface area (Å²) in [7, 11) is 0. The molecule has 0 radical (unpaired) electrons. The van der Waals surface area contributed by atoms with E-state index in [1.165, 1.54) is 0 Å². The van der Waals surface area contributed by atoms with Gasteiger partial charge < -0.3 is 14.6 Å². The van der Waals surface area contributed by atoms with Gasteiger partial charge in [0.05, 0.1) is 18.3 Å². The molecule has 0 spiro atoms. The van der Waals surface area contributed by atoms with Gasteiger partial charge in [-0.3, -0.25) is 0 Å². The van der Waals surface area contributed by atoms with E-state index in [1.807, 2.05) is 0 Å². The lowest BCUT2D eigenvalue weighted by Crippen LogP contribution is -2.49. The molecule has 0 amide bonds. The van der Waals surface area contributed by atoms with Gasteiger partial charge in [0.25, 0.3) is 0 Å². The van der Waals surface area contributed by atoms with Gasteiger partial charge in [0.15, 0.2) is 0 Å². The van der Waals surface area contributed by atoms with Crippen LogP contribution >= 0.6 is 0 Å². The molecule has 3 nitrogen and oxygen atoms in total. The first-order valence-corrected chi connectivity index (χ1v) is 6.66. The highest BCUT2D eigenvalue weighted by Gasteiger charge is 2.42. The normalized spacial score (nSPS) is 40.9. The highest BCUT2D eigenvalue weighted by molar-refractivity contribution is 4.92. The summed E-state index contributed by atoms with van der Waals surface area (Å²) in [5.74, 6) is 0.324. The minimum absolute atomic E-state index is 0.255. The van der Waals surface area contributed by atoms with E-state index in [0.717, 1.165) is 51.7 Å². The molecule has 2 rings (SSSR count). The van der Waals surface area contributed by atoms with E-state index in [-0.39, 0.29) is 6.10 Å². The Kier molecular flexibility index (Phi) is 4.22. The summed E-state index contributed by atoms with van der Waals surface area (Å²) >= 11 is 0. The first kappa shape index (κ1) is 12.3. The van der Waals surface area contributed by atoms with E-state index in [0.29, 0.717) is 12.5 Å². The molecular weight excluding hydrogens is 204 g/mol. The highest BCUT2D eigenvalue weighted by atomic mass is 16.5. The molecule has 0 aliphatic carbocycles. The monoisotopic (exact) mass is 228 g/mol. The van der Waals surface area contributed by atoms with E-state index in [1.54, 1.807) is 0 Å². The van der Waals surface area contributed by atoms with Gasteiger partial charge in [0.2, 0.25) is 0 Å². The summed E-state index contributed by atoms with van der Waals surface area (Å²) in [5, 5.41) is 10.7. The van der Waals surface area contributed by atoms with Crippen LogP contribution in [0.25, 0.3) is 0 Å².